The fraction of sp³-hybridized carbons (Fsp3) is 0.240. The van der Waals surface area contributed by atoms with E-state index < -0.39 is 12.1 Å². The topological polar surface area (TPSA) is 104 Å². The van der Waals surface area contributed by atoms with E-state index in [2.05, 4.69) is 15.6 Å². The number of nitrogens with zero attached hydrogens (tertiary/aromatic N) is 2. The van der Waals surface area contributed by atoms with Crippen LogP contribution in [-0.2, 0) is 4.79 Å². The summed E-state index contributed by atoms with van der Waals surface area (Å²) in [6.45, 7) is 1.60. The summed E-state index contributed by atoms with van der Waals surface area (Å²) in [5.74, 6) is 0.287. The van der Waals surface area contributed by atoms with Crippen LogP contribution in [0.3, 0.4) is 0 Å². The average molecular weight is 447 g/mol. The first-order valence-electron chi connectivity index (χ1n) is 10.9. The lowest BCUT2D eigenvalue weighted by molar-refractivity contribution is -0.138. The summed E-state index contributed by atoms with van der Waals surface area (Å²) in [5, 5.41) is 15.4. The largest absolute Gasteiger partial charge is 0.486 e. The van der Waals surface area contributed by atoms with E-state index >= 15 is 0 Å². The Bertz CT molecular complexity index is 1090. The van der Waals surface area contributed by atoms with E-state index in [1.807, 2.05) is 53.4 Å². The maximum absolute atomic E-state index is 12.7. The molecule has 0 aliphatic carbocycles. The number of benzene rings is 2. The van der Waals surface area contributed by atoms with Gasteiger partial charge in [0.1, 0.15) is 17.7 Å². The summed E-state index contributed by atoms with van der Waals surface area (Å²) in [4.78, 5) is 30.2. The lowest BCUT2D eigenvalue weighted by atomic mass is 10.1. The summed E-state index contributed by atoms with van der Waals surface area (Å²) in [7, 11) is 0. The molecule has 3 N–H and O–H groups in total. The van der Waals surface area contributed by atoms with E-state index in [1.165, 1.54) is 0 Å². The van der Waals surface area contributed by atoms with Gasteiger partial charge in [0.2, 0.25) is 0 Å². The number of carbonyl (C=O) groups is 2. The van der Waals surface area contributed by atoms with Crippen LogP contribution >= 0.6 is 0 Å². The Labute approximate surface area is 192 Å². The molecule has 1 unspecified atom stereocenters. The first kappa shape index (κ1) is 22.1. The van der Waals surface area contributed by atoms with E-state index in [-0.39, 0.29) is 12.3 Å². The van der Waals surface area contributed by atoms with Crippen molar-refractivity contribution in [2.24, 2.45) is 0 Å². The minimum Gasteiger partial charge on any atom is -0.486 e. The Kier molecular flexibility index (Phi) is 7.04. The van der Waals surface area contributed by atoms with Crippen molar-refractivity contribution in [1.82, 2.24) is 10.3 Å². The van der Waals surface area contributed by atoms with Crippen LogP contribution in [0.25, 0.3) is 0 Å². The molecule has 170 valence electrons. The van der Waals surface area contributed by atoms with Crippen LogP contribution in [0.4, 0.5) is 17.2 Å². The third-order valence-electron chi connectivity index (χ3n) is 5.27. The van der Waals surface area contributed by atoms with Crippen molar-refractivity contribution in [1.29, 1.82) is 0 Å². The van der Waals surface area contributed by atoms with Crippen molar-refractivity contribution in [2.45, 2.75) is 18.9 Å². The molecule has 4 rings (SSSR count). The van der Waals surface area contributed by atoms with Gasteiger partial charge < -0.3 is 25.4 Å². The number of anilines is 3. The molecular formula is C25H26N4O4. The molecule has 33 heavy (non-hydrogen) atoms. The van der Waals surface area contributed by atoms with Gasteiger partial charge in [-0.2, -0.15) is 0 Å². The monoisotopic (exact) mass is 446 g/mol. The number of hydrogen-bond acceptors (Lipinski definition) is 6. The number of ether oxygens (including phenoxy) is 1. The highest BCUT2D eigenvalue weighted by atomic mass is 16.5. The molecule has 0 spiro atoms. The second-order valence-corrected chi connectivity index (χ2v) is 7.72. The summed E-state index contributed by atoms with van der Waals surface area (Å²) in [5.41, 5.74) is 2.18. The number of pyridine rings is 1. The predicted octanol–water partition coefficient (Wildman–Crippen LogP) is 3.69. The molecule has 0 saturated carbocycles. The van der Waals surface area contributed by atoms with E-state index in [9.17, 15) is 14.7 Å². The lowest BCUT2D eigenvalue weighted by Crippen LogP contribution is -2.39. The number of aliphatic carboxylic acids is 1. The minimum absolute atomic E-state index is 0.0997. The molecule has 1 aliphatic rings. The number of carboxylic acid groups (broad SMARTS) is 1. The zero-order valence-electron chi connectivity index (χ0n) is 18.1. The zero-order valence-corrected chi connectivity index (χ0v) is 18.1. The molecule has 1 atom stereocenters. The molecule has 2 heterocycles. The first-order valence-corrected chi connectivity index (χ1v) is 10.9. The van der Waals surface area contributed by atoms with E-state index in [0.717, 1.165) is 23.6 Å². The fourth-order valence-corrected chi connectivity index (χ4v) is 3.72. The van der Waals surface area contributed by atoms with Crippen LogP contribution in [0, 0.1) is 0 Å². The normalized spacial score (nSPS) is 14.7. The van der Waals surface area contributed by atoms with Gasteiger partial charge in [0.25, 0.3) is 5.91 Å². The number of aromatic nitrogens is 1. The summed E-state index contributed by atoms with van der Waals surface area (Å²) < 4.78 is 5.92. The molecule has 1 aromatic heterocycles. The van der Waals surface area contributed by atoms with Gasteiger partial charge in [-0.1, -0.05) is 24.3 Å². The SMILES string of the molecule is O=C(O)CC1CN(c2ccccc2)c2cc(C(=O)NCCCNc3ccccn3)ccc2O1. The smallest absolute Gasteiger partial charge is 0.307 e. The highest BCUT2D eigenvalue weighted by Crippen LogP contribution is 2.39. The van der Waals surface area contributed by atoms with Gasteiger partial charge in [0, 0.05) is 30.5 Å². The highest BCUT2D eigenvalue weighted by molar-refractivity contribution is 5.96. The molecular weight excluding hydrogens is 420 g/mol. The van der Waals surface area contributed by atoms with Crippen LogP contribution in [0.1, 0.15) is 23.2 Å². The van der Waals surface area contributed by atoms with Crippen molar-refractivity contribution in [3.8, 4) is 5.75 Å². The quantitative estimate of drug-likeness (QED) is 0.431. The summed E-state index contributed by atoms with van der Waals surface area (Å²) >= 11 is 0. The van der Waals surface area contributed by atoms with Gasteiger partial charge in [-0.15, -0.1) is 0 Å². The number of carbonyl (C=O) groups excluding carboxylic acids is 1. The lowest BCUT2D eigenvalue weighted by Gasteiger charge is -2.36. The Morgan fingerprint density at radius 1 is 1.06 bits per heavy atom. The van der Waals surface area contributed by atoms with E-state index in [1.54, 1.807) is 24.4 Å². The third-order valence-corrected chi connectivity index (χ3v) is 5.27. The second kappa shape index (κ2) is 10.5. The number of hydrogen-bond donors (Lipinski definition) is 3. The van der Waals surface area contributed by atoms with Gasteiger partial charge in [-0.3, -0.25) is 9.59 Å². The maximum atomic E-state index is 12.7. The van der Waals surface area contributed by atoms with Gasteiger partial charge in [0.05, 0.1) is 18.7 Å². The Morgan fingerprint density at radius 3 is 2.64 bits per heavy atom. The minimum atomic E-state index is -0.912. The number of fused-ring (bicyclic) bond motifs is 1. The molecule has 0 saturated heterocycles. The number of amides is 1. The maximum Gasteiger partial charge on any atom is 0.307 e. The highest BCUT2D eigenvalue weighted by Gasteiger charge is 2.29. The van der Waals surface area contributed by atoms with Crippen LogP contribution < -0.4 is 20.3 Å². The summed E-state index contributed by atoms with van der Waals surface area (Å²) in [6, 6.07) is 20.6. The van der Waals surface area contributed by atoms with Gasteiger partial charge in [-0.05, 0) is 48.9 Å². The number of nitrogens with one attached hydrogen (secondary N) is 2. The Morgan fingerprint density at radius 2 is 1.88 bits per heavy atom. The summed E-state index contributed by atoms with van der Waals surface area (Å²) in [6.07, 6.45) is 1.90. The molecule has 1 amide bonds. The molecule has 0 bridgehead atoms. The molecule has 0 radical (unpaired) electrons. The third kappa shape index (κ3) is 5.79. The number of carboxylic acids is 1. The van der Waals surface area contributed by atoms with Crippen LogP contribution in [0.15, 0.2) is 72.9 Å². The molecule has 3 aromatic rings. The van der Waals surface area contributed by atoms with Crippen LogP contribution in [0.2, 0.25) is 0 Å². The van der Waals surface area contributed by atoms with Crippen molar-refractivity contribution in [3.05, 3.63) is 78.5 Å². The van der Waals surface area contributed by atoms with Gasteiger partial charge in [-0.25, -0.2) is 4.98 Å². The Hall–Kier alpha value is -4.07. The zero-order chi connectivity index (χ0) is 23.0. The molecule has 0 fully saturated rings. The Balaban J connectivity index is 1.42. The standard InChI is InChI=1S/C25H26N4O4/c30-24(31)16-20-17-29(19-7-2-1-3-8-19)21-15-18(10-11-22(21)33-20)25(32)28-14-6-13-27-23-9-4-5-12-26-23/h1-5,7-12,15,20H,6,13-14,16-17H2,(H,26,27)(H,28,32)(H,30,31). The predicted molar refractivity (Wildman–Crippen MR) is 126 cm³/mol. The van der Waals surface area contributed by atoms with Crippen molar-refractivity contribution in [3.63, 3.8) is 0 Å². The van der Waals surface area contributed by atoms with Crippen LogP contribution in [-0.4, -0.2) is 47.7 Å². The van der Waals surface area contributed by atoms with E-state index in [4.69, 9.17) is 4.74 Å². The number of rotatable bonds is 9. The van der Waals surface area contributed by atoms with Gasteiger partial charge in [0.15, 0.2) is 0 Å². The molecule has 8 nitrogen and oxygen atoms in total. The molecule has 8 heteroatoms. The van der Waals surface area contributed by atoms with Crippen molar-refractivity contribution >= 4 is 29.1 Å². The molecule has 2 aromatic carbocycles. The molecule has 1 aliphatic heterocycles. The van der Waals surface area contributed by atoms with Crippen LogP contribution in [0.5, 0.6) is 5.75 Å². The van der Waals surface area contributed by atoms with Crippen molar-refractivity contribution < 1.29 is 19.4 Å². The van der Waals surface area contributed by atoms with Gasteiger partial charge >= 0.3 is 5.97 Å². The average Bonchev–Trinajstić information content (AvgIpc) is 2.84. The van der Waals surface area contributed by atoms with Crippen molar-refractivity contribution in [2.75, 3.05) is 29.9 Å². The first-order chi connectivity index (χ1) is 16.1. The second-order valence-electron chi connectivity index (χ2n) is 7.72. The van der Waals surface area contributed by atoms with E-state index in [0.29, 0.717) is 30.9 Å². The number of para-hydroxylation sites is 1. The fourth-order valence-electron chi connectivity index (χ4n) is 3.72.